The Morgan fingerprint density at radius 3 is 2.62 bits per heavy atom. The molecule has 29 heavy (non-hydrogen) atoms. The number of carbonyl (C=O) groups excluding carboxylic acids is 1. The number of imidazole rings is 1. The van der Waals surface area contributed by atoms with E-state index in [1.165, 1.54) is 5.56 Å². The van der Waals surface area contributed by atoms with E-state index in [-0.39, 0.29) is 12.0 Å². The molecule has 1 aromatic carbocycles. The molecule has 5 heteroatoms. The van der Waals surface area contributed by atoms with E-state index in [0.717, 1.165) is 50.2 Å². The van der Waals surface area contributed by atoms with E-state index in [1.807, 2.05) is 12.4 Å². The van der Waals surface area contributed by atoms with Gasteiger partial charge in [0.2, 0.25) is 0 Å². The van der Waals surface area contributed by atoms with Crippen LogP contribution in [0.25, 0.3) is 0 Å². The third-order valence-corrected chi connectivity index (χ3v) is 6.76. The molecule has 5 nitrogen and oxygen atoms in total. The van der Waals surface area contributed by atoms with E-state index in [9.17, 15) is 4.79 Å². The van der Waals surface area contributed by atoms with Crippen LogP contribution in [0.5, 0.6) is 0 Å². The van der Waals surface area contributed by atoms with Crippen molar-refractivity contribution >= 4 is 5.78 Å². The predicted octanol–water partition coefficient (Wildman–Crippen LogP) is 3.86. The second-order valence-corrected chi connectivity index (χ2v) is 9.22. The van der Waals surface area contributed by atoms with Gasteiger partial charge in [-0.05, 0) is 52.8 Å². The molecule has 2 heterocycles. The summed E-state index contributed by atoms with van der Waals surface area (Å²) >= 11 is 0. The maximum atomic E-state index is 13.9. The number of ketones is 1. The van der Waals surface area contributed by atoms with Crippen molar-refractivity contribution in [3.8, 4) is 0 Å². The summed E-state index contributed by atoms with van der Waals surface area (Å²) in [5, 5.41) is 0. The molecule has 0 radical (unpaired) electrons. The zero-order valence-electron chi connectivity index (χ0n) is 18.2. The average molecular weight is 395 g/mol. The topological polar surface area (TPSA) is 41.4 Å². The minimum absolute atomic E-state index is 0.145. The molecule has 0 bridgehead atoms. The van der Waals surface area contributed by atoms with Crippen LogP contribution in [0.2, 0.25) is 0 Å². The van der Waals surface area contributed by atoms with Crippen molar-refractivity contribution in [2.45, 2.75) is 64.2 Å². The molecule has 1 aromatic heterocycles. The SMILES string of the molecule is CC(C)n1cnc2c1C(C(=O)C1CCC(N(C)C)C1)N(Cc1ccccc1)CC2. The minimum Gasteiger partial charge on any atom is -0.330 e. The molecule has 156 valence electrons. The summed E-state index contributed by atoms with van der Waals surface area (Å²) in [7, 11) is 4.26. The van der Waals surface area contributed by atoms with Gasteiger partial charge in [0.25, 0.3) is 0 Å². The van der Waals surface area contributed by atoms with E-state index in [1.54, 1.807) is 0 Å². The van der Waals surface area contributed by atoms with Crippen LogP contribution in [0.4, 0.5) is 0 Å². The van der Waals surface area contributed by atoms with Crippen LogP contribution in [0.15, 0.2) is 36.7 Å². The third kappa shape index (κ3) is 4.03. The normalized spacial score (nSPS) is 25.0. The van der Waals surface area contributed by atoms with Gasteiger partial charge in [0.05, 0.1) is 17.7 Å². The van der Waals surface area contributed by atoms with Crippen LogP contribution < -0.4 is 0 Å². The molecule has 0 saturated heterocycles. The molecule has 2 aliphatic rings. The summed E-state index contributed by atoms with van der Waals surface area (Å²) < 4.78 is 2.23. The number of benzene rings is 1. The fourth-order valence-electron chi connectivity index (χ4n) is 5.08. The summed E-state index contributed by atoms with van der Waals surface area (Å²) in [4.78, 5) is 23.3. The molecule has 0 amide bonds. The van der Waals surface area contributed by atoms with Gasteiger partial charge in [-0.15, -0.1) is 0 Å². The molecule has 1 saturated carbocycles. The highest BCUT2D eigenvalue weighted by atomic mass is 16.1. The summed E-state index contributed by atoms with van der Waals surface area (Å²) in [6.45, 7) is 6.05. The maximum absolute atomic E-state index is 13.9. The molecule has 1 aliphatic heterocycles. The van der Waals surface area contributed by atoms with Crippen molar-refractivity contribution < 1.29 is 4.79 Å². The number of fused-ring (bicyclic) bond motifs is 1. The Hall–Kier alpha value is -1.98. The van der Waals surface area contributed by atoms with Crippen molar-refractivity contribution in [1.82, 2.24) is 19.4 Å². The van der Waals surface area contributed by atoms with Gasteiger partial charge in [0.15, 0.2) is 5.78 Å². The van der Waals surface area contributed by atoms with Gasteiger partial charge in [-0.3, -0.25) is 9.69 Å². The molecular weight excluding hydrogens is 360 g/mol. The zero-order valence-corrected chi connectivity index (χ0v) is 18.2. The monoisotopic (exact) mass is 394 g/mol. The summed E-state index contributed by atoms with van der Waals surface area (Å²) in [6, 6.07) is 11.2. The second kappa shape index (κ2) is 8.41. The van der Waals surface area contributed by atoms with Crippen molar-refractivity contribution in [2.24, 2.45) is 5.92 Å². The highest BCUT2D eigenvalue weighted by Gasteiger charge is 2.42. The molecule has 1 aliphatic carbocycles. The summed E-state index contributed by atoms with van der Waals surface area (Å²) in [5.41, 5.74) is 3.52. The molecular formula is C24H34N4O. The number of Topliss-reactive ketones (excluding diaryl/α,β-unsaturated/α-hetero) is 1. The predicted molar refractivity (Wildman–Crippen MR) is 116 cm³/mol. The third-order valence-electron chi connectivity index (χ3n) is 6.76. The quantitative estimate of drug-likeness (QED) is 0.746. The lowest BCUT2D eigenvalue weighted by Crippen LogP contribution is -2.42. The standard InChI is InChI=1S/C24H34N4O/c1-17(2)28-16-25-21-12-13-27(15-18-8-6-5-7-9-18)23(22(21)28)24(29)19-10-11-20(14-19)26(3)4/h5-9,16-17,19-20,23H,10-15H2,1-4H3. The van der Waals surface area contributed by atoms with Gasteiger partial charge < -0.3 is 9.47 Å². The van der Waals surface area contributed by atoms with Crippen molar-refractivity contribution in [1.29, 1.82) is 0 Å². The lowest BCUT2D eigenvalue weighted by molar-refractivity contribution is -0.129. The van der Waals surface area contributed by atoms with Gasteiger partial charge in [0, 0.05) is 37.5 Å². The van der Waals surface area contributed by atoms with E-state index in [0.29, 0.717) is 17.9 Å². The lowest BCUT2D eigenvalue weighted by Gasteiger charge is -2.37. The molecule has 0 N–H and O–H groups in total. The number of rotatable bonds is 6. The molecule has 3 unspecified atom stereocenters. The first-order chi connectivity index (χ1) is 14.0. The second-order valence-electron chi connectivity index (χ2n) is 9.22. The fraction of sp³-hybridized carbons (Fsp3) is 0.583. The lowest BCUT2D eigenvalue weighted by atomic mass is 9.89. The van der Waals surface area contributed by atoms with Gasteiger partial charge >= 0.3 is 0 Å². The first kappa shape index (κ1) is 20.3. The Labute approximate surface area is 174 Å². The van der Waals surface area contributed by atoms with Crippen LogP contribution in [0, 0.1) is 5.92 Å². The van der Waals surface area contributed by atoms with Gasteiger partial charge in [-0.25, -0.2) is 4.98 Å². The van der Waals surface area contributed by atoms with E-state index < -0.39 is 0 Å². The molecule has 3 atom stereocenters. The molecule has 1 fully saturated rings. The van der Waals surface area contributed by atoms with Gasteiger partial charge in [-0.2, -0.15) is 0 Å². The van der Waals surface area contributed by atoms with Crippen LogP contribution in [-0.4, -0.2) is 51.8 Å². The van der Waals surface area contributed by atoms with Crippen LogP contribution >= 0.6 is 0 Å². The minimum atomic E-state index is -0.185. The Balaban J connectivity index is 1.67. The van der Waals surface area contributed by atoms with E-state index >= 15 is 0 Å². The average Bonchev–Trinajstić information content (AvgIpc) is 3.36. The Kier molecular flexibility index (Phi) is 5.88. The number of aromatic nitrogens is 2. The number of nitrogens with zero attached hydrogens (tertiary/aromatic N) is 4. The fourth-order valence-corrected chi connectivity index (χ4v) is 5.08. The molecule has 0 spiro atoms. The smallest absolute Gasteiger partial charge is 0.159 e. The molecule has 2 aromatic rings. The first-order valence-corrected chi connectivity index (χ1v) is 11.0. The van der Waals surface area contributed by atoms with Gasteiger partial charge in [-0.1, -0.05) is 30.3 Å². The Morgan fingerprint density at radius 2 is 1.97 bits per heavy atom. The van der Waals surface area contributed by atoms with Crippen LogP contribution in [-0.2, 0) is 17.8 Å². The number of hydrogen-bond acceptors (Lipinski definition) is 4. The zero-order chi connectivity index (χ0) is 20.5. The van der Waals surface area contributed by atoms with Crippen LogP contribution in [0.1, 0.15) is 62.1 Å². The molecule has 4 rings (SSSR count). The first-order valence-electron chi connectivity index (χ1n) is 11.0. The van der Waals surface area contributed by atoms with Crippen molar-refractivity contribution in [2.75, 3.05) is 20.6 Å². The Morgan fingerprint density at radius 1 is 1.21 bits per heavy atom. The van der Waals surface area contributed by atoms with E-state index in [2.05, 4.69) is 66.6 Å². The summed E-state index contributed by atoms with van der Waals surface area (Å²) in [5.74, 6) is 0.542. The van der Waals surface area contributed by atoms with Crippen molar-refractivity contribution in [3.63, 3.8) is 0 Å². The number of hydrogen-bond donors (Lipinski definition) is 0. The highest BCUT2D eigenvalue weighted by Crippen LogP contribution is 2.39. The maximum Gasteiger partial charge on any atom is 0.159 e. The van der Waals surface area contributed by atoms with Crippen molar-refractivity contribution in [3.05, 3.63) is 53.6 Å². The summed E-state index contributed by atoms with van der Waals surface area (Å²) in [6.07, 6.45) is 5.95. The Bertz CT molecular complexity index is 842. The van der Waals surface area contributed by atoms with Crippen LogP contribution in [0.3, 0.4) is 0 Å². The highest BCUT2D eigenvalue weighted by molar-refractivity contribution is 5.88. The van der Waals surface area contributed by atoms with Gasteiger partial charge in [0.1, 0.15) is 6.04 Å². The van der Waals surface area contributed by atoms with E-state index in [4.69, 9.17) is 4.98 Å². The number of carbonyl (C=O) groups is 1. The largest absolute Gasteiger partial charge is 0.330 e.